The Hall–Kier alpha value is -2.66. The lowest BCUT2D eigenvalue weighted by Gasteiger charge is -2.08. The highest BCUT2D eigenvalue weighted by Crippen LogP contribution is 2.18. The van der Waals surface area contributed by atoms with Gasteiger partial charge < -0.3 is 10.6 Å². The van der Waals surface area contributed by atoms with Gasteiger partial charge >= 0.3 is 0 Å². The SMILES string of the molecule is O=C(NCc1ccccc1)c1ccc(Nc2ccc(Br)cc2)cn1. The lowest BCUT2D eigenvalue weighted by molar-refractivity contribution is 0.0946. The number of carbonyl (C=O) groups is 1. The highest BCUT2D eigenvalue weighted by Gasteiger charge is 2.07. The van der Waals surface area contributed by atoms with Crippen molar-refractivity contribution in [2.75, 3.05) is 5.32 Å². The fourth-order valence-electron chi connectivity index (χ4n) is 2.17. The smallest absolute Gasteiger partial charge is 0.270 e. The van der Waals surface area contributed by atoms with Crippen LogP contribution in [-0.4, -0.2) is 10.9 Å². The van der Waals surface area contributed by atoms with Gasteiger partial charge in [-0.05, 0) is 42.0 Å². The predicted octanol–water partition coefficient (Wildman–Crippen LogP) is 4.52. The number of amides is 1. The van der Waals surface area contributed by atoms with E-state index in [1.54, 1.807) is 12.3 Å². The maximum Gasteiger partial charge on any atom is 0.270 e. The summed E-state index contributed by atoms with van der Waals surface area (Å²) in [5.41, 5.74) is 3.24. The van der Waals surface area contributed by atoms with Crippen LogP contribution in [-0.2, 0) is 6.54 Å². The van der Waals surface area contributed by atoms with Crippen LogP contribution in [0.2, 0.25) is 0 Å². The van der Waals surface area contributed by atoms with Gasteiger partial charge in [0.05, 0.1) is 11.9 Å². The molecule has 0 aliphatic carbocycles. The van der Waals surface area contributed by atoms with Gasteiger partial charge in [0.2, 0.25) is 0 Å². The Labute approximate surface area is 149 Å². The van der Waals surface area contributed by atoms with E-state index in [0.29, 0.717) is 12.2 Å². The molecule has 0 atom stereocenters. The van der Waals surface area contributed by atoms with Crippen molar-refractivity contribution in [2.24, 2.45) is 0 Å². The molecule has 3 aromatic rings. The zero-order valence-electron chi connectivity index (χ0n) is 12.9. The Bertz CT molecular complexity index is 802. The largest absolute Gasteiger partial charge is 0.354 e. The van der Waals surface area contributed by atoms with Gasteiger partial charge in [-0.1, -0.05) is 46.3 Å². The number of pyridine rings is 1. The third-order valence-electron chi connectivity index (χ3n) is 3.42. The zero-order valence-corrected chi connectivity index (χ0v) is 14.5. The summed E-state index contributed by atoms with van der Waals surface area (Å²) in [5.74, 6) is -0.186. The molecule has 24 heavy (non-hydrogen) atoms. The van der Waals surface area contributed by atoms with E-state index < -0.39 is 0 Å². The number of hydrogen-bond donors (Lipinski definition) is 2. The first-order chi connectivity index (χ1) is 11.7. The van der Waals surface area contributed by atoms with Crippen molar-refractivity contribution in [3.8, 4) is 0 Å². The minimum absolute atomic E-state index is 0.186. The highest BCUT2D eigenvalue weighted by atomic mass is 79.9. The van der Waals surface area contributed by atoms with Gasteiger partial charge in [-0.25, -0.2) is 4.98 Å². The second kappa shape index (κ2) is 7.75. The second-order valence-corrected chi connectivity index (χ2v) is 6.15. The quantitative estimate of drug-likeness (QED) is 0.682. The summed E-state index contributed by atoms with van der Waals surface area (Å²) in [6.07, 6.45) is 1.65. The summed E-state index contributed by atoms with van der Waals surface area (Å²) in [4.78, 5) is 16.3. The van der Waals surface area contributed by atoms with Crippen molar-refractivity contribution >= 4 is 33.2 Å². The van der Waals surface area contributed by atoms with E-state index in [9.17, 15) is 4.79 Å². The minimum atomic E-state index is -0.186. The van der Waals surface area contributed by atoms with Gasteiger partial charge in [-0.15, -0.1) is 0 Å². The average Bonchev–Trinajstić information content (AvgIpc) is 2.63. The van der Waals surface area contributed by atoms with Crippen molar-refractivity contribution in [1.29, 1.82) is 0 Å². The van der Waals surface area contributed by atoms with Crippen molar-refractivity contribution in [3.05, 3.63) is 88.7 Å². The topological polar surface area (TPSA) is 54.0 Å². The number of hydrogen-bond acceptors (Lipinski definition) is 3. The Morgan fingerprint density at radius 2 is 1.62 bits per heavy atom. The summed E-state index contributed by atoms with van der Waals surface area (Å²) in [7, 11) is 0. The monoisotopic (exact) mass is 381 g/mol. The van der Waals surface area contributed by atoms with E-state index in [0.717, 1.165) is 21.4 Å². The molecule has 0 saturated carbocycles. The lowest BCUT2D eigenvalue weighted by atomic mass is 10.2. The summed E-state index contributed by atoms with van der Waals surface area (Å²) >= 11 is 3.40. The maximum absolute atomic E-state index is 12.1. The van der Waals surface area contributed by atoms with E-state index in [2.05, 4.69) is 31.5 Å². The van der Waals surface area contributed by atoms with Crippen molar-refractivity contribution in [3.63, 3.8) is 0 Å². The van der Waals surface area contributed by atoms with Gasteiger partial charge in [0.15, 0.2) is 0 Å². The molecule has 1 heterocycles. The number of nitrogens with one attached hydrogen (secondary N) is 2. The molecular weight excluding hydrogens is 366 g/mol. The molecule has 0 bridgehead atoms. The number of nitrogens with zero attached hydrogens (tertiary/aromatic N) is 1. The number of anilines is 2. The van der Waals surface area contributed by atoms with Crippen molar-refractivity contribution in [2.45, 2.75) is 6.54 Å². The van der Waals surface area contributed by atoms with Crippen LogP contribution in [0.1, 0.15) is 16.1 Å². The number of rotatable bonds is 5. The number of benzene rings is 2. The number of carbonyl (C=O) groups excluding carboxylic acids is 1. The average molecular weight is 382 g/mol. The molecule has 1 aromatic heterocycles. The molecule has 120 valence electrons. The third-order valence-corrected chi connectivity index (χ3v) is 3.95. The summed E-state index contributed by atoms with van der Waals surface area (Å²) < 4.78 is 1.02. The standard InChI is InChI=1S/C19H16BrN3O/c20-15-6-8-16(9-7-15)23-17-10-11-18(21-13-17)19(24)22-12-14-4-2-1-3-5-14/h1-11,13,23H,12H2,(H,22,24). The van der Waals surface area contributed by atoms with Crippen LogP contribution in [0.25, 0.3) is 0 Å². The van der Waals surface area contributed by atoms with Crippen LogP contribution in [0.3, 0.4) is 0 Å². The fourth-order valence-corrected chi connectivity index (χ4v) is 2.44. The number of aromatic nitrogens is 1. The van der Waals surface area contributed by atoms with Crippen molar-refractivity contribution < 1.29 is 4.79 Å². The third kappa shape index (κ3) is 4.43. The van der Waals surface area contributed by atoms with E-state index in [4.69, 9.17) is 0 Å². The molecule has 4 nitrogen and oxygen atoms in total. The fraction of sp³-hybridized carbons (Fsp3) is 0.0526. The maximum atomic E-state index is 12.1. The van der Waals surface area contributed by atoms with E-state index in [1.807, 2.05) is 60.7 Å². The molecule has 0 saturated heterocycles. The first-order valence-electron chi connectivity index (χ1n) is 7.51. The Morgan fingerprint density at radius 1 is 0.917 bits per heavy atom. The molecule has 0 aliphatic rings. The first kappa shape index (κ1) is 16.2. The lowest BCUT2D eigenvalue weighted by Crippen LogP contribution is -2.23. The minimum Gasteiger partial charge on any atom is -0.354 e. The van der Waals surface area contributed by atoms with Gasteiger partial charge in [0, 0.05) is 16.7 Å². The predicted molar refractivity (Wildman–Crippen MR) is 99.3 cm³/mol. The van der Waals surface area contributed by atoms with Gasteiger partial charge in [0.25, 0.3) is 5.91 Å². The molecule has 0 fully saturated rings. The summed E-state index contributed by atoms with van der Waals surface area (Å²) in [5, 5.41) is 6.10. The molecule has 0 spiro atoms. The highest BCUT2D eigenvalue weighted by molar-refractivity contribution is 9.10. The normalized spacial score (nSPS) is 10.2. The summed E-state index contributed by atoms with van der Waals surface area (Å²) in [6, 6.07) is 21.2. The molecular formula is C19H16BrN3O. The molecule has 2 N–H and O–H groups in total. The van der Waals surface area contributed by atoms with E-state index in [-0.39, 0.29) is 5.91 Å². The van der Waals surface area contributed by atoms with Crippen LogP contribution >= 0.6 is 15.9 Å². The molecule has 0 aliphatic heterocycles. The van der Waals surface area contributed by atoms with Crippen LogP contribution in [0, 0.1) is 0 Å². The number of halogens is 1. The van der Waals surface area contributed by atoms with Gasteiger partial charge in [-0.3, -0.25) is 4.79 Å². The molecule has 5 heteroatoms. The van der Waals surface area contributed by atoms with Crippen molar-refractivity contribution in [1.82, 2.24) is 10.3 Å². The molecule has 0 radical (unpaired) electrons. The van der Waals surface area contributed by atoms with Crippen LogP contribution < -0.4 is 10.6 Å². The van der Waals surface area contributed by atoms with Gasteiger partial charge in [-0.2, -0.15) is 0 Å². The van der Waals surface area contributed by atoms with Crippen LogP contribution in [0.15, 0.2) is 77.4 Å². The van der Waals surface area contributed by atoms with Crippen LogP contribution in [0.5, 0.6) is 0 Å². The Balaban J connectivity index is 1.59. The zero-order chi connectivity index (χ0) is 16.8. The second-order valence-electron chi connectivity index (χ2n) is 5.23. The molecule has 1 amide bonds. The van der Waals surface area contributed by atoms with Gasteiger partial charge in [0.1, 0.15) is 5.69 Å². The summed E-state index contributed by atoms with van der Waals surface area (Å²) in [6.45, 7) is 0.486. The molecule has 0 unspecified atom stereocenters. The van der Waals surface area contributed by atoms with Crippen LogP contribution in [0.4, 0.5) is 11.4 Å². The van der Waals surface area contributed by atoms with E-state index >= 15 is 0 Å². The first-order valence-corrected chi connectivity index (χ1v) is 8.31. The molecule has 2 aromatic carbocycles. The van der Waals surface area contributed by atoms with E-state index in [1.165, 1.54) is 0 Å². The Morgan fingerprint density at radius 3 is 2.29 bits per heavy atom. The Kier molecular flexibility index (Phi) is 5.23. The molecule has 3 rings (SSSR count).